The Labute approximate surface area is 114 Å². The molecule has 1 atom stereocenters. The van der Waals surface area contributed by atoms with Crippen molar-refractivity contribution in [3.05, 3.63) is 40.3 Å². The molecule has 0 amide bonds. The maximum atomic E-state index is 11.4. The highest BCUT2D eigenvalue weighted by atomic mass is 32.1. The minimum absolute atomic E-state index is 0.676. The zero-order chi connectivity index (χ0) is 13.8. The number of carboxylic acid groups (broad SMARTS) is 1. The largest absolute Gasteiger partial charge is 0.497 e. The topological polar surface area (TPSA) is 71.5 Å². The van der Waals surface area contributed by atoms with Gasteiger partial charge in [-0.25, -0.2) is 9.78 Å². The number of hydrogen-bond donors (Lipinski definition) is 2. The van der Waals surface area contributed by atoms with Gasteiger partial charge in [0.1, 0.15) is 5.75 Å². The quantitative estimate of drug-likeness (QED) is 0.880. The molecule has 1 heterocycles. The Morgan fingerprint density at radius 1 is 1.53 bits per heavy atom. The minimum atomic E-state index is -0.935. The molecule has 0 aliphatic carbocycles. The molecule has 6 heteroatoms. The standard InChI is InChI=1S/C13H14N2O3S/c1-8-12(19-7-14-8)11(13(16)17)15-9-4-3-5-10(6-9)18-2/h3-7,11,15H,1-2H3,(H,16,17). The summed E-state index contributed by atoms with van der Waals surface area (Å²) in [6.45, 7) is 1.80. The van der Waals surface area contributed by atoms with Gasteiger partial charge in [-0.3, -0.25) is 0 Å². The van der Waals surface area contributed by atoms with Crippen LogP contribution in [0.4, 0.5) is 5.69 Å². The zero-order valence-electron chi connectivity index (χ0n) is 10.6. The average Bonchev–Trinajstić information content (AvgIpc) is 2.82. The highest BCUT2D eigenvalue weighted by Gasteiger charge is 2.23. The fourth-order valence-electron chi connectivity index (χ4n) is 1.71. The van der Waals surface area contributed by atoms with Gasteiger partial charge in [0.2, 0.25) is 0 Å². The van der Waals surface area contributed by atoms with Crippen LogP contribution in [0.1, 0.15) is 16.6 Å². The average molecular weight is 278 g/mol. The highest BCUT2D eigenvalue weighted by Crippen LogP contribution is 2.27. The van der Waals surface area contributed by atoms with Gasteiger partial charge in [0.15, 0.2) is 6.04 Å². The van der Waals surface area contributed by atoms with Crippen molar-refractivity contribution in [1.82, 2.24) is 4.98 Å². The molecule has 0 aliphatic heterocycles. The number of methoxy groups -OCH3 is 1. The number of anilines is 1. The van der Waals surface area contributed by atoms with Gasteiger partial charge < -0.3 is 15.2 Å². The molecule has 0 aliphatic rings. The molecule has 0 spiro atoms. The van der Waals surface area contributed by atoms with Crippen LogP contribution in [0.15, 0.2) is 29.8 Å². The maximum absolute atomic E-state index is 11.4. The molecule has 0 saturated carbocycles. The van der Waals surface area contributed by atoms with Crippen molar-refractivity contribution in [2.75, 3.05) is 12.4 Å². The van der Waals surface area contributed by atoms with Crippen molar-refractivity contribution in [3.63, 3.8) is 0 Å². The number of thiazole rings is 1. The summed E-state index contributed by atoms with van der Waals surface area (Å²) in [4.78, 5) is 16.2. The molecule has 2 rings (SSSR count). The van der Waals surface area contributed by atoms with E-state index in [1.165, 1.54) is 11.3 Å². The van der Waals surface area contributed by atoms with E-state index in [9.17, 15) is 9.90 Å². The maximum Gasteiger partial charge on any atom is 0.331 e. The van der Waals surface area contributed by atoms with Crippen molar-refractivity contribution in [2.24, 2.45) is 0 Å². The van der Waals surface area contributed by atoms with Crippen LogP contribution in [0.25, 0.3) is 0 Å². The van der Waals surface area contributed by atoms with Gasteiger partial charge in [-0.1, -0.05) is 6.07 Å². The Morgan fingerprint density at radius 2 is 2.32 bits per heavy atom. The number of ether oxygens (including phenoxy) is 1. The summed E-state index contributed by atoms with van der Waals surface area (Å²) in [6, 6.07) is 6.36. The van der Waals surface area contributed by atoms with Gasteiger partial charge in [0, 0.05) is 11.8 Å². The number of hydrogen-bond acceptors (Lipinski definition) is 5. The van der Waals surface area contributed by atoms with Crippen LogP contribution in [0.5, 0.6) is 5.75 Å². The molecule has 5 nitrogen and oxygen atoms in total. The molecule has 19 heavy (non-hydrogen) atoms. The van der Waals surface area contributed by atoms with E-state index >= 15 is 0 Å². The number of nitrogens with one attached hydrogen (secondary N) is 1. The van der Waals surface area contributed by atoms with Crippen molar-refractivity contribution in [2.45, 2.75) is 13.0 Å². The second kappa shape index (κ2) is 5.71. The molecular weight excluding hydrogens is 264 g/mol. The molecule has 1 unspecified atom stereocenters. The smallest absolute Gasteiger partial charge is 0.331 e. The van der Waals surface area contributed by atoms with Gasteiger partial charge in [-0.15, -0.1) is 11.3 Å². The van der Waals surface area contributed by atoms with Crippen molar-refractivity contribution >= 4 is 23.0 Å². The number of aryl methyl sites for hydroxylation is 1. The van der Waals surface area contributed by atoms with Crippen molar-refractivity contribution in [3.8, 4) is 5.75 Å². The lowest BCUT2D eigenvalue weighted by Crippen LogP contribution is -2.20. The first-order valence-electron chi connectivity index (χ1n) is 5.65. The molecule has 100 valence electrons. The van der Waals surface area contributed by atoms with E-state index in [0.29, 0.717) is 16.3 Å². The Kier molecular flexibility index (Phi) is 4.01. The second-order valence-corrected chi connectivity index (χ2v) is 4.84. The third-order valence-electron chi connectivity index (χ3n) is 2.67. The van der Waals surface area contributed by atoms with E-state index in [1.54, 1.807) is 43.8 Å². The van der Waals surface area contributed by atoms with Crippen LogP contribution in [0.3, 0.4) is 0 Å². The molecule has 2 aromatic rings. The lowest BCUT2D eigenvalue weighted by Gasteiger charge is -2.15. The monoisotopic (exact) mass is 278 g/mol. The van der Waals surface area contributed by atoms with E-state index in [4.69, 9.17) is 4.74 Å². The molecule has 2 N–H and O–H groups in total. The summed E-state index contributed by atoms with van der Waals surface area (Å²) >= 11 is 1.33. The first-order valence-corrected chi connectivity index (χ1v) is 6.53. The Hall–Kier alpha value is -2.08. The summed E-state index contributed by atoms with van der Waals surface area (Å²) in [5, 5.41) is 12.3. The third kappa shape index (κ3) is 3.03. The Morgan fingerprint density at radius 3 is 2.89 bits per heavy atom. The predicted octanol–water partition coefficient (Wildman–Crippen LogP) is 2.70. The number of nitrogens with zero attached hydrogens (tertiary/aromatic N) is 1. The summed E-state index contributed by atoms with van der Waals surface area (Å²) in [7, 11) is 1.57. The zero-order valence-corrected chi connectivity index (χ0v) is 11.4. The van der Waals surface area contributed by atoms with Gasteiger partial charge in [0.05, 0.1) is 23.2 Å². The number of aromatic nitrogens is 1. The first-order chi connectivity index (χ1) is 9.11. The molecule has 1 aromatic carbocycles. The highest BCUT2D eigenvalue weighted by molar-refractivity contribution is 7.10. The minimum Gasteiger partial charge on any atom is -0.497 e. The van der Waals surface area contributed by atoms with E-state index in [0.717, 1.165) is 5.69 Å². The molecule has 0 saturated heterocycles. The van der Waals surface area contributed by atoms with E-state index < -0.39 is 12.0 Å². The van der Waals surface area contributed by atoms with Crippen LogP contribution in [-0.4, -0.2) is 23.2 Å². The van der Waals surface area contributed by atoms with Crippen LogP contribution in [0, 0.1) is 6.92 Å². The fraction of sp³-hybridized carbons (Fsp3) is 0.231. The van der Waals surface area contributed by atoms with Crippen LogP contribution in [0.2, 0.25) is 0 Å². The van der Waals surface area contributed by atoms with Crippen molar-refractivity contribution < 1.29 is 14.6 Å². The summed E-state index contributed by atoms with van der Waals surface area (Å²) in [6.07, 6.45) is 0. The molecule has 1 aromatic heterocycles. The van der Waals surface area contributed by atoms with Crippen LogP contribution < -0.4 is 10.1 Å². The van der Waals surface area contributed by atoms with Gasteiger partial charge >= 0.3 is 5.97 Å². The Balaban J connectivity index is 2.27. The number of rotatable bonds is 5. The first kappa shape index (κ1) is 13.4. The second-order valence-electron chi connectivity index (χ2n) is 3.95. The molecule has 0 radical (unpaired) electrons. The van der Waals surface area contributed by atoms with Gasteiger partial charge in [-0.2, -0.15) is 0 Å². The summed E-state index contributed by atoms with van der Waals surface area (Å²) < 4.78 is 5.11. The van der Waals surface area contributed by atoms with Gasteiger partial charge in [0.25, 0.3) is 0 Å². The SMILES string of the molecule is COc1cccc(NC(C(=O)O)c2scnc2C)c1. The van der Waals surface area contributed by atoms with E-state index in [-0.39, 0.29) is 0 Å². The predicted molar refractivity (Wildman–Crippen MR) is 73.8 cm³/mol. The molecule has 0 bridgehead atoms. The lowest BCUT2D eigenvalue weighted by molar-refractivity contribution is -0.138. The molecular formula is C13H14N2O3S. The van der Waals surface area contributed by atoms with Gasteiger partial charge in [-0.05, 0) is 19.1 Å². The van der Waals surface area contributed by atoms with Crippen LogP contribution in [-0.2, 0) is 4.79 Å². The summed E-state index contributed by atoms with van der Waals surface area (Å²) in [5.74, 6) is -0.259. The Bertz CT molecular complexity index is 583. The number of carbonyl (C=O) groups is 1. The summed E-state index contributed by atoms with van der Waals surface area (Å²) in [5.41, 5.74) is 3.07. The normalized spacial score (nSPS) is 11.9. The van der Waals surface area contributed by atoms with Crippen molar-refractivity contribution in [1.29, 1.82) is 0 Å². The molecule has 0 fully saturated rings. The van der Waals surface area contributed by atoms with E-state index in [1.807, 2.05) is 0 Å². The number of benzene rings is 1. The fourth-order valence-corrected chi connectivity index (χ4v) is 2.55. The number of carboxylic acids is 1. The number of aliphatic carboxylic acids is 1. The van der Waals surface area contributed by atoms with E-state index in [2.05, 4.69) is 10.3 Å². The third-order valence-corrected chi connectivity index (χ3v) is 3.67. The lowest BCUT2D eigenvalue weighted by atomic mass is 10.2. The van der Waals surface area contributed by atoms with Crippen LogP contribution >= 0.6 is 11.3 Å².